The molecule has 0 spiro atoms. The second-order valence-corrected chi connectivity index (χ2v) is 5.98. The summed E-state index contributed by atoms with van der Waals surface area (Å²) >= 11 is 0. The molecular weight excluding hydrogens is 422 g/mol. The van der Waals surface area contributed by atoms with Crippen LogP contribution in [0.1, 0.15) is 19.3 Å². The predicted molar refractivity (Wildman–Crippen MR) is 67.1 cm³/mol. The van der Waals surface area contributed by atoms with Crippen molar-refractivity contribution in [2.75, 3.05) is 0 Å². The van der Waals surface area contributed by atoms with E-state index in [0.717, 1.165) is 0 Å². The SMILES string of the molecule is O=C(O)CC(O)(CC(=O)O)C(=O)O.O=C([O-])CC(C(=O)[O-])S(=O)(=O)O.[Na+].[Na+]. The Morgan fingerprint density at radius 3 is 1.33 bits per heavy atom. The molecule has 1 unspecified atom stereocenters. The Balaban J connectivity index is -0.000000183. The van der Waals surface area contributed by atoms with Gasteiger partial charge in [-0.2, -0.15) is 8.42 Å². The zero-order valence-corrected chi connectivity index (χ0v) is 18.8. The fourth-order valence-corrected chi connectivity index (χ4v) is 1.77. The molecule has 0 radical (unpaired) electrons. The largest absolute Gasteiger partial charge is 1.00 e. The van der Waals surface area contributed by atoms with Crippen molar-refractivity contribution in [2.45, 2.75) is 30.1 Å². The van der Waals surface area contributed by atoms with E-state index < -0.39 is 70.1 Å². The molecule has 27 heavy (non-hydrogen) atoms. The van der Waals surface area contributed by atoms with E-state index in [1.807, 2.05) is 0 Å². The van der Waals surface area contributed by atoms with Gasteiger partial charge in [0.15, 0.2) is 5.60 Å². The van der Waals surface area contributed by atoms with Crippen LogP contribution in [0.15, 0.2) is 0 Å². The molecule has 0 aliphatic heterocycles. The van der Waals surface area contributed by atoms with Gasteiger partial charge in [-0.3, -0.25) is 14.1 Å². The zero-order chi connectivity index (χ0) is 20.6. The van der Waals surface area contributed by atoms with Crippen molar-refractivity contribution in [2.24, 2.45) is 0 Å². The molecule has 0 aliphatic carbocycles. The zero-order valence-electron chi connectivity index (χ0n) is 14.0. The molecular formula is C10H12Na2O14S. The number of hydrogen-bond acceptors (Lipinski definition) is 10. The third-order valence-corrected chi connectivity index (χ3v) is 3.34. The Kier molecular flexibility index (Phi) is 17.8. The Labute approximate surface area is 195 Å². The summed E-state index contributed by atoms with van der Waals surface area (Å²) in [5.74, 6) is -9.10. The molecule has 0 bridgehead atoms. The van der Waals surface area contributed by atoms with Crippen molar-refractivity contribution >= 4 is 40.0 Å². The van der Waals surface area contributed by atoms with Gasteiger partial charge >= 0.3 is 77.0 Å². The average Bonchev–Trinajstić information content (AvgIpc) is 2.32. The normalized spacial score (nSPS) is 11.3. The molecule has 0 fully saturated rings. The van der Waals surface area contributed by atoms with Gasteiger partial charge in [0.1, 0.15) is 5.25 Å². The quantitative estimate of drug-likeness (QED) is 0.167. The number of carbonyl (C=O) groups is 5. The van der Waals surface area contributed by atoms with Crippen LogP contribution in [-0.2, 0) is 34.1 Å². The minimum Gasteiger partial charge on any atom is -0.550 e. The summed E-state index contributed by atoms with van der Waals surface area (Å²) in [6.07, 6.45) is -3.62. The fourth-order valence-electron chi connectivity index (χ4n) is 1.18. The van der Waals surface area contributed by atoms with E-state index in [1.165, 1.54) is 0 Å². The molecule has 144 valence electrons. The Morgan fingerprint density at radius 1 is 0.889 bits per heavy atom. The van der Waals surface area contributed by atoms with Gasteiger partial charge in [-0.25, -0.2) is 4.79 Å². The van der Waals surface area contributed by atoms with Crippen molar-refractivity contribution in [3.8, 4) is 0 Å². The van der Waals surface area contributed by atoms with Crippen LogP contribution in [0.4, 0.5) is 0 Å². The number of carboxylic acids is 5. The van der Waals surface area contributed by atoms with Crippen molar-refractivity contribution in [3.63, 3.8) is 0 Å². The van der Waals surface area contributed by atoms with Crippen molar-refractivity contribution in [1.29, 1.82) is 0 Å². The van der Waals surface area contributed by atoms with Crippen molar-refractivity contribution in [3.05, 3.63) is 0 Å². The van der Waals surface area contributed by atoms with Gasteiger partial charge in [0.25, 0.3) is 10.1 Å². The summed E-state index contributed by atoms with van der Waals surface area (Å²) in [5.41, 5.74) is -2.74. The van der Waals surface area contributed by atoms with Gasteiger partial charge in [-0.15, -0.1) is 0 Å². The Hall–Kier alpha value is -0.780. The van der Waals surface area contributed by atoms with Crippen molar-refractivity contribution < 1.29 is 127 Å². The van der Waals surface area contributed by atoms with E-state index in [9.17, 15) is 42.6 Å². The molecule has 5 N–H and O–H groups in total. The van der Waals surface area contributed by atoms with E-state index in [1.54, 1.807) is 0 Å². The minimum atomic E-state index is -4.94. The maximum atomic E-state index is 10.3. The number of hydrogen-bond donors (Lipinski definition) is 5. The molecule has 0 aliphatic rings. The monoisotopic (exact) mass is 434 g/mol. The van der Waals surface area contributed by atoms with E-state index in [2.05, 4.69) is 0 Å². The Bertz CT molecular complexity index is 641. The van der Waals surface area contributed by atoms with Crippen molar-refractivity contribution in [1.82, 2.24) is 0 Å². The summed E-state index contributed by atoms with van der Waals surface area (Å²) in [5, 5.41) is 51.1. The third kappa shape index (κ3) is 15.9. The minimum absolute atomic E-state index is 0. The summed E-state index contributed by atoms with van der Waals surface area (Å²) in [6, 6.07) is 0. The van der Waals surface area contributed by atoms with Gasteiger partial charge in [0.05, 0.1) is 18.8 Å². The number of aliphatic hydroxyl groups is 1. The summed E-state index contributed by atoms with van der Waals surface area (Å²) in [4.78, 5) is 50.2. The van der Waals surface area contributed by atoms with Crippen LogP contribution >= 0.6 is 0 Å². The smallest absolute Gasteiger partial charge is 0.550 e. The fraction of sp³-hybridized carbons (Fsp3) is 0.500. The number of carbonyl (C=O) groups excluding carboxylic acids is 2. The van der Waals surface area contributed by atoms with Crippen LogP contribution in [0.3, 0.4) is 0 Å². The molecule has 14 nitrogen and oxygen atoms in total. The number of aliphatic carboxylic acids is 5. The van der Waals surface area contributed by atoms with Gasteiger partial charge < -0.3 is 40.2 Å². The molecule has 0 aromatic rings. The molecule has 0 aromatic carbocycles. The molecule has 0 saturated carbocycles. The number of carboxylic acid groups (broad SMARTS) is 5. The molecule has 1 atom stereocenters. The van der Waals surface area contributed by atoms with Crippen LogP contribution in [0.25, 0.3) is 0 Å². The summed E-state index contributed by atoms with van der Waals surface area (Å²) in [7, 11) is -4.94. The predicted octanol–water partition coefficient (Wildman–Crippen LogP) is -11.1. The molecule has 0 rings (SSSR count). The molecule has 0 amide bonds. The topological polar surface area (TPSA) is 267 Å². The first-order valence-electron chi connectivity index (χ1n) is 5.79. The van der Waals surface area contributed by atoms with Gasteiger partial charge in [-0.05, 0) is 0 Å². The first kappa shape index (κ1) is 33.8. The van der Waals surface area contributed by atoms with Gasteiger partial charge in [-0.1, -0.05) is 0 Å². The molecule has 0 aromatic heterocycles. The van der Waals surface area contributed by atoms with E-state index in [4.69, 9.17) is 25.0 Å². The summed E-state index contributed by atoms with van der Waals surface area (Å²) in [6.45, 7) is 0. The maximum absolute atomic E-state index is 10.3. The average molecular weight is 434 g/mol. The first-order valence-corrected chi connectivity index (χ1v) is 7.29. The second kappa shape index (κ2) is 14.3. The van der Waals surface area contributed by atoms with Gasteiger partial charge in [0.2, 0.25) is 0 Å². The molecule has 0 heterocycles. The van der Waals surface area contributed by atoms with E-state index in [-0.39, 0.29) is 59.1 Å². The molecule has 17 heteroatoms. The van der Waals surface area contributed by atoms with Crippen LogP contribution < -0.4 is 69.3 Å². The van der Waals surface area contributed by atoms with E-state index >= 15 is 0 Å². The third-order valence-electron chi connectivity index (χ3n) is 2.26. The van der Waals surface area contributed by atoms with Crippen LogP contribution in [-0.4, -0.2) is 74.1 Å². The van der Waals surface area contributed by atoms with E-state index in [0.29, 0.717) is 0 Å². The molecule has 0 saturated heterocycles. The second-order valence-electron chi connectivity index (χ2n) is 4.38. The van der Waals surface area contributed by atoms with Gasteiger partial charge in [0, 0.05) is 12.4 Å². The summed E-state index contributed by atoms with van der Waals surface area (Å²) < 4.78 is 28.5. The van der Waals surface area contributed by atoms with Crippen LogP contribution in [0, 0.1) is 0 Å². The van der Waals surface area contributed by atoms with Crippen LogP contribution in [0.5, 0.6) is 0 Å². The Morgan fingerprint density at radius 2 is 1.22 bits per heavy atom. The van der Waals surface area contributed by atoms with Crippen LogP contribution in [0.2, 0.25) is 0 Å². The standard InChI is InChI=1S/C6H8O7.C4H6O7S.2Na/c7-3(8)1-6(13,5(11)12)2-4(9)10;5-3(6)1-2(4(7)8)12(9,10)11;;/h13H,1-2H2,(H,7,8)(H,9,10)(H,11,12);2H,1H2,(H,5,6)(H,7,8)(H,9,10,11);;/q;;2*+1/p-2. The first-order chi connectivity index (χ1) is 11.0. The number of rotatable bonds is 9. The maximum Gasteiger partial charge on any atom is 1.00 e.